The predicted octanol–water partition coefficient (Wildman–Crippen LogP) is 2.39. The van der Waals surface area contributed by atoms with Crippen LogP contribution in [0.1, 0.15) is 5.56 Å². The number of nitriles is 1. The molecule has 1 aromatic rings. The van der Waals surface area contributed by atoms with Gasteiger partial charge >= 0.3 is 0 Å². The third-order valence-corrected chi connectivity index (χ3v) is 2.80. The molecule has 1 rings (SSSR count). The molecule has 0 heterocycles. The maximum atomic E-state index is 9.00. The van der Waals surface area contributed by atoms with E-state index in [1.807, 2.05) is 12.1 Å². The molecule has 0 bridgehead atoms. The lowest BCUT2D eigenvalue weighted by molar-refractivity contribution is 0.0365. The number of nitrogens with zero attached hydrogens (tertiary/aromatic N) is 1. The molecule has 1 aromatic carbocycles. The van der Waals surface area contributed by atoms with E-state index in [1.54, 1.807) is 20.3 Å². The van der Waals surface area contributed by atoms with Gasteiger partial charge in [0.2, 0.25) is 0 Å². The Hall–Kier alpha value is -1.09. The molecule has 0 amide bonds. The molecular formula is C12H15BrN2O2. The molecule has 1 atom stereocenters. The van der Waals surface area contributed by atoms with Crippen LogP contribution in [0.4, 0.5) is 5.69 Å². The van der Waals surface area contributed by atoms with Crippen molar-refractivity contribution < 1.29 is 9.47 Å². The lowest BCUT2D eigenvalue weighted by atomic mass is 10.2. The minimum Gasteiger partial charge on any atom is -0.382 e. The molecule has 0 saturated carbocycles. The Kier molecular flexibility index (Phi) is 5.98. The first-order valence-corrected chi connectivity index (χ1v) is 5.95. The van der Waals surface area contributed by atoms with Crippen molar-refractivity contribution in [3.63, 3.8) is 0 Å². The Morgan fingerprint density at radius 1 is 1.47 bits per heavy atom. The van der Waals surface area contributed by atoms with Gasteiger partial charge in [0.05, 0.1) is 24.0 Å². The van der Waals surface area contributed by atoms with Gasteiger partial charge in [0.15, 0.2) is 0 Å². The van der Waals surface area contributed by atoms with Gasteiger partial charge in [-0.1, -0.05) is 15.9 Å². The summed E-state index contributed by atoms with van der Waals surface area (Å²) in [6.45, 7) is 1.11. The first kappa shape index (κ1) is 14.0. The Morgan fingerprint density at radius 2 is 2.24 bits per heavy atom. The highest BCUT2D eigenvalue weighted by Crippen LogP contribution is 2.20. The van der Waals surface area contributed by atoms with Crippen LogP contribution in [0.15, 0.2) is 22.7 Å². The van der Waals surface area contributed by atoms with Gasteiger partial charge < -0.3 is 14.8 Å². The molecule has 1 unspecified atom stereocenters. The van der Waals surface area contributed by atoms with Gasteiger partial charge in [-0.15, -0.1) is 0 Å². The number of ether oxygens (including phenoxy) is 2. The van der Waals surface area contributed by atoms with Gasteiger partial charge in [-0.05, 0) is 18.2 Å². The normalized spacial score (nSPS) is 11.9. The average molecular weight is 299 g/mol. The molecule has 0 aromatic heterocycles. The zero-order valence-corrected chi connectivity index (χ0v) is 11.5. The van der Waals surface area contributed by atoms with Crippen LogP contribution in [0, 0.1) is 11.3 Å². The molecule has 0 aliphatic rings. The quantitative estimate of drug-likeness (QED) is 0.876. The zero-order valence-electron chi connectivity index (χ0n) is 9.87. The summed E-state index contributed by atoms with van der Waals surface area (Å²) in [5.74, 6) is 0. The van der Waals surface area contributed by atoms with Crippen LogP contribution in [0.25, 0.3) is 0 Å². The molecule has 0 aliphatic carbocycles. The second kappa shape index (κ2) is 7.28. The molecular weight excluding hydrogens is 284 g/mol. The molecule has 0 aliphatic heterocycles. The monoisotopic (exact) mass is 298 g/mol. The highest BCUT2D eigenvalue weighted by molar-refractivity contribution is 9.10. The lowest BCUT2D eigenvalue weighted by Gasteiger charge is -2.16. The van der Waals surface area contributed by atoms with Gasteiger partial charge in [-0.25, -0.2) is 0 Å². The highest BCUT2D eigenvalue weighted by atomic mass is 79.9. The summed E-state index contributed by atoms with van der Waals surface area (Å²) in [4.78, 5) is 0. The molecule has 4 nitrogen and oxygen atoms in total. The van der Waals surface area contributed by atoms with Crippen LogP contribution in [0.2, 0.25) is 0 Å². The number of halogens is 1. The molecule has 0 spiro atoms. The van der Waals surface area contributed by atoms with E-state index in [4.69, 9.17) is 14.7 Å². The van der Waals surface area contributed by atoms with Gasteiger partial charge in [0, 0.05) is 25.2 Å². The van der Waals surface area contributed by atoms with Crippen LogP contribution in [-0.2, 0) is 9.47 Å². The summed E-state index contributed by atoms with van der Waals surface area (Å²) in [5, 5.41) is 12.2. The molecule has 5 heteroatoms. The summed E-state index contributed by atoms with van der Waals surface area (Å²) in [6, 6.07) is 7.68. The van der Waals surface area contributed by atoms with Crippen molar-refractivity contribution in [3.05, 3.63) is 28.2 Å². The molecule has 0 fully saturated rings. The number of benzene rings is 1. The maximum absolute atomic E-state index is 9.00. The molecule has 92 valence electrons. The largest absolute Gasteiger partial charge is 0.382 e. The Balaban J connectivity index is 2.65. The Bertz CT molecular complexity index is 404. The van der Waals surface area contributed by atoms with Crippen molar-refractivity contribution in [2.24, 2.45) is 0 Å². The first-order valence-electron chi connectivity index (χ1n) is 5.16. The number of anilines is 1. The average Bonchev–Trinajstić information content (AvgIpc) is 2.35. The minimum atomic E-state index is -0.0322. The summed E-state index contributed by atoms with van der Waals surface area (Å²) in [6.07, 6.45) is -0.0322. The molecule has 0 saturated heterocycles. The van der Waals surface area contributed by atoms with Crippen molar-refractivity contribution in [1.82, 2.24) is 0 Å². The van der Waals surface area contributed by atoms with E-state index in [2.05, 4.69) is 27.3 Å². The van der Waals surface area contributed by atoms with Gasteiger partial charge in [0.25, 0.3) is 0 Å². The number of hydrogen-bond acceptors (Lipinski definition) is 4. The van der Waals surface area contributed by atoms with E-state index in [-0.39, 0.29) is 6.10 Å². The minimum absolute atomic E-state index is 0.0322. The summed E-state index contributed by atoms with van der Waals surface area (Å²) in [7, 11) is 3.27. The van der Waals surface area contributed by atoms with Crippen LogP contribution in [0.5, 0.6) is 0 Å². The van der Waals surface area contributed by atoms with Crippen molar-refractivity contribution in [2.45, 2.75) is 6.10 Å². The van der Waals surface area contributed by atoms with E-state index in [1.165, 1.54) is 0 Å². The van der Waals surface area contributed by atoms with Gasteiger partial charge in [0.1, 0.15) is 6.07 Å². The summed E-state index contributed by atoms with van der Waals surface area (Å²) >= 11 is 3.33. The van der Waals surface area contributed by atoms with Gasteiger partial charge in [-0.2, -0.15) is 5.26 Å². The number of rotatable bonds is 6. The van der Waals surface area contributed by atoms with Crippen LogP contribution in [-0.4, -0.2) is 33.5 Å². The van der Waals surface area contributed by atoms with Crippen LogP contribution >= 0.6 is 15.9 Å². The van der Waals surface area contributed by atoms with E-state index in [9.17, 15) is 0 Å². The van der Waals surface area contributed by atoms with E-state index in [0.29, 0.717) is 18.7 Å². The lowest BCUT2D eigenvalue weighted by Crippen LogP contribution is -2.26. The first-order chi connectivity index (χ1) is 8.21. The Morgan fingerprint density at radius 3 is 2.82 bits per heavy atom. The maximum Gasteiger partial charge on any atom is 0.101 e. The van der Waals surface area contributed by atoms with Crippen molar-refractivity contribution in [2.75, 3.05) is 32.7 Å². The third kappa shape index (κ3) is 4.35. The number of methoxy groups -OCH3 is 2. The van der Waals surface area contributed by atoms with Crippen molar-refractivity contribution in [1.29, 1.82) is 5.26 Å². The topological polar surface area (TPSA) is 54.3 Å². The fourth-order valence-corrected chi connectivity index (χ4v) is 1.74. The number of nitrogens with one attached hydrogen (secondary N) is 1. The second-order valence-electron chi connectivity index (χ2n) is 3.50. The molecule has 17 heavy (non-hydrogen) atoms. The Labute approximate surface area is 110 Å². The van der Waals surface area contributed by atoms with E-state index < -0.39 is 0 Å². The fourth-order valence-electron chi connectivity index (χ4n) is 1.38. The number of hydrogen-bond donors (Lipinski definition) is 1. The smallest absolute Gasteiger partial charge is 0.101 e. The SMILES string of the molecule is COCC(CNc1ccc(Br)cc1C#N)OC. The van der Waals surface area contributed by atoms with E-state index in [0.717, 1.165) is 10.2 Å². The summed E-state index contributed by atoms with van der Waals surface area (Å²) in [5.41, 5.74) is 1.40. The van der Waals surface area contributed by atoms with Crippen molar-refractivity contribution >= 4 is 21.6 Å². The molecule has 0 radical (unpaired) electrons. The standard InChI is InChI=1S/C12H15BrN2O2/c1-16-8-11(17-2)7-15-12-4-3-10(13)5-9(12)6-14/h3-5,11,15H,7-8H2,1-2H3. The van der Waals surface area contributed by atoms with Crippen LogP contribution in [0.3, 0.4) is 0 Å². The molecule has 1 N–H and O–H groups in total. The second-order valence-corrected chi connectivity index (χ2v) is 4.41. The van der Waals surface area contributed by atoms with E-state index >= 15 is 0 Å². The predicted molar refractivity (Wildman–Crippen MR) is 70.0 cm³/mol. The highest BCUT2D eigenvalue weighted by Gasteiger charge is 2.08. The third-order valence-electron chi connectivity index (χ3n) is 2.31. The van der Waals surface area contributed by atoms with Crippen molar-refractivity contribution in [3.8, 4) is 6.07 Å². The van der Waals surface area contributed by atoms with Gasteiger partial charge in [-0.3, -0.25) is 0 Å². The fraction of sp³-hybridized carbons (Fsp3) is 0.417. The zero-order chi connectivity index (χ0) is 12.7. The summed E-state index contributed by atoms with van der Waals surface area (Å²) < 4.78 is 11.1. The van der Waals surface area contributed by atoms with Crippen LogP contribution < -0.4 is 5.32 Å².